The summed E-state index contributed by atoms with van der Waals surface area (Å²) in [6, 6.07) is 0. The molecule has 3 N–H and O–H groups in total. The van der Waals surface area contributed by atoms with E-state index in [0.29, 0.717) is 5.01 Å². The van der Waals surface area contributed by atoms with E-state index in [2.05, 4.69) is 14.8 Å². The lowest BCUT2D eigenvalue weighted by molar-refractivity contribution is -0.144. The lowest BCUT2D eigenvalue weighted by atomic mass is 9.87. The van der Waals surface area contributed by atoms with Gasteiger partial charge >= 0.3 is 25.9 Å². The molecule has 1 heterocycles. The Labute approximate surface area is 179 Å². The Morgan fingerprint density at radius 1 is 1.26 bits per heavy atom. The van der Waals surface area contributed by atoms with Gasteiger partial charge in [0, 0.05) is 18.9 Å². The topological polar surface area (TPSA) is 182 Å². The van der Waals surface area contributed by atoms with Gasteiger partial charge in [0.1, 0.15) is 6.61 Å². The van der Waals surface area contributed by atoms with Crippen LogP contribution in [0.15, 0.2) is 0 Å². The third-order valence-corrected chi connectivity index (χ3v) is 5.23. The van der Waals surface area contributed by atoms with Gasteiger partial charge in [-0.15, -0.1) is 0 Å². The van der Waals surface area contributed by atoms with Crippen LogP contribution < -0.4 is 11.2 Å². The van der Waals surface area contributed by atoms with Gasteiger partial charge in [-0.25, -0.2) is 24.7 Å². The summed E-state index contributed by atoms with van der Waals surface area (Å²) in [6.45, 7) is 3.20. The summed E-state index contributed by atoms with van der Waals surface area (Å²) in [5.74, 6) is 3.75. The zero-order valence-corrected chi connectivity index (χ0v) is 18.7. The molecule has 1 aliphatic rings. The van der Waals surface area contributed by atoms with Crippen LogP contribution in [0, 0.1) is 5.41 Å². The van der Waals surface area contributed by atoms with E-state index in [1.807, 2.05) is 0 Å². The van der Waals surface area contributed by atoms with Gasteiger partial charge in [0.05, 0.1) is 26.7 Å². The summed E-state index contributed by atoms with van der Waals surface area (Å²) in [4.78, 5) is 46.0. The number of carbonyl (C=O) groups excluding carboxylic acids is 4. The van der Waals surface area contributed by atoms with Crippen molar-refractivity contribution in [3.05, 3.63) is 0 Å². The molecule has 0 saturated carbocycles. The molecule has 0 aliphatic carbocycles. The van der Waals surface area contributed by atoms with E-state index in [-0.39, 0.29) is 32.7 Å². The van der Waals surface area contributed by atoms with Crippen molar-refractivity contribution in [2.45, 2.75) is 33.3 Å². The highest BCUT2D eigenvalue weighted by atomic mass is 31.2. The molecule has 1 fully saturated rings. The van der Waals surface area contributed by atoms with Crippen LogP contribution in [0.4, 0.5) is 4.79 Å². The van der Waals surface area contributed by atoms with Gasteiger partial charge in [0.15, 0.2) is 6.10 Å². The average Bonchev–Trinajstić information content (AvgIpc) is 2.69. The Bertz CT molecular complexity index is 715. The van der Waals surface area contributed by atoms with Gasteiger partial charge in [0.25, 0.3) is 0 Å². The summed E-state index contributed by atoms with van der Waals surface area (Å²) >= 11 is 0. The van der Waals surface area contributed by atoms with Crippen LogP contribution in [-0.2, 0) is 46.7 Å². The number of esters is 2. The molecule has 0 aromatic rings. The number of amides is 2. The average molecular weight is 469 g/mol. The van der Waals surface area contributed by atoms with Crippen molar-refractivity contribution in [2.24, 2.45) is 11.3 Å². The van der Waals surface area contributed by atoms with Crippen molar-refractivity contribution >= 4 is 31.8 Å². The Morgan fingerprint density at radius 2 is 1.94 bits per heavy atom. The lowest BCUT2D eigenvalue weighted by Gasteiger charge is -2.39. The number of phosphoric ester groups is 1. The van der Waals surface area contributed by atoms with Crippen molar-refractivity contribution in [1.82, 2.24) is 10.3 Å². The molecular weight excluding hydrogens is 441 g/mol. The van der Waals surface area contributed by atoms with Crippen molar-refractivity contribution in [3.63, 3.8) is 0 Å². The van der Waals surface area contributed by atoms with E-state index in [0.717, 1.165) is 0 Å². The fraction of sp³-hybridized carbons (Fsp3) is 0.750. The zero-order valence-electron chi connectivity index (χ0n) is 17.8. The van der Waals surface area contributed by atoms with Gasteiger partial charge in [-0.2, -0.15) is 0 Å². The largest absolute Gasteiger partial charge is 0.478 e. The van der Waals surface area contributed by atoms with Crippen LogP contribution in [0.3, 0.4) is 0 Å². The smallest absolute Gasteiger partial charge is 0.469 e. The fourth-order valence-corrected chi connectivity index (χ4v) is 3.69. The van der Waals surface area contributed by atoms with Crippen LogP contribution in [0.25, 0.3) is 0 Å². The number of hydrazine groups is 1. The second kappa shape index (κ2) is 12.0. The third-order valence-electron chi connectivity index (χ3n) is 3.90. The molecule has 1 unspecified atom stereocenters. The number of hydrogen-bond acceptors (Lipinski definition) is 12. The van der Waals surface area contributed by atoms with Crippen LogP contribution >= 0.6 is 7.82 Å². The van der Waals surface area contributed by atoms with E-state index in [1.54, 1.807) is 13.8 Å². The minimum atomic E-state index is -4.24. The summed E-state index contributed by atoms with van der Waals surface area (Å²) in [7, 11) is -3.02. The summed E-state index contributed by atoms with van der Waals surface area (Å²) in [5, 5.41) is 3.10. The molecule has 15 heteroatoms. The van der Waals surface area contributed by atoms with Gasteiger partial charge in [-0.3, -0.25) is 23.4 Å². The molecule has 0 radical (unpaired) electrons. The van der Waals surface area contributed by atoms with Crippen LogP contribution in [-0.4, -0.2) is 75.3 Å². The predicted molar refractivity (Wildman–Crippen MR) is 102 cm³/mol. The number of nitrogens with one attached hydrogen (secondary N) is 1. The standard InChI is InChI=1S/C16H28N3O11P/c1-11(20)26-8-7-19(17)15(23)27-10-29-31(24)28-9-16(2,3)13(30-31)14(22)18-6-5-12(21)25-4/h13H,5-10,17H2,1-4H3,(H,18,22)/t13-,31?/m0/s1. The molecule has 0 aromatic heterocycles. The maximum absolute atomic E-state index is 12.6. The quantitative estimate of drug-likeness (QED) is 0.0836. The molecular formula is C16H28N3O11P. The van der Waals surface area contributed by atoms with Gasteiger partial charge < -0.3 is 19.5 Å². The van der Waals surface area contributed by atoms with Crippen molar-refractivity contribution in [3.8, 4) is 0 Å². The van der Waals surface area contributed by atoms with Crippen molar-refractivity contribution < 1.29 is 51.5 Å². The number of phosphoric acid groups is 1. The highest BCUT2D eigenvalue weighted by Gasteiger charge is 2.49. The predicted octanol–water partition coefficient (Wildman–Crippen LogP) is 0.0649. The molecule has 2 amide bonds. The highest BCUT2D eigenvalue weighted by molar-refractivity contribution is 7.48. The van der Waals surface area contributed by atoms with E-state index in [9.17, 15) is 23.7 Å². The monoisotopic (exact) mass is 469 g/mol. The van der Waals surface area contributed by atoms with Gasteiger partial charge in [0.2, 0.25) is 12.7 Å². The van der Waals surface area contributed by atoms with Crippen molar-refractivity contribution in [2.75, 3.05) is 40.2 Å². The van der Waals surface area contributed by atoms with Crippen LogP contribution in [0.1, 0.15) is 27.2 Å². The number of methoxy groups -OCH3 is 1. The SMILES string of the molecule is COC(=O)CCNC(=O)[C@@H]1OP(=O)(OCOC(=O)N(N)CCOC(C)=O)OCC1(C)C. The number of carbonyl (C=O) groups is 4. The Kier molecular flexibility index (Phi) is 10.3. The molecule has 0 spiro atoms. The summed E-state index contributed by atoms with van der Waals surface area (Å²) < 4.78 is 41.7. The van der Waals surface area contributed by atoms with Crippen LogP contribution in [0.2, 0.25) is 0 Å². The molecule has 1 saturated heterocycles. The highest BCUT2D eigenvalue weighted by Crippen LogP contribution is 2.57. The van der Waals surface area contributed by atoms with E-state index < -0.39 is 50.1 Å². The lowest BCUT2D eigenvalue weighted by Crippen LogP contribution is -2.50. The summed E-state index contributed by atoms with van der Waals surface area (Å²) in [6.07, 6.45) is -2.33. The second-order valence-electron chi connectivity index (χ2n) is 7.00. The number of hydrogen-bond donors (Lipinski definition) is 2. The van der Waals surface area contributed by atoms with Crippen LogP contribution in [0.5, 0.6) is 0 Å². The third kappa shape index (κ3) is 9.19. The molecule has 2 atom stereocenters. The number of nitrogens with zero attached hydrogens (tertiary/aromatic N) is 1. The maximum atomic E-state index is 12.6. The molecule has 31 heavy (non-hydrogen) atoms. The minimum Gasteiger partial charge on any atom is -0.469 e. The number of nitrogens with two attached hydrogens (primary N) is 1. The Morgan fingerprint density at radius 3 is 2.55 bits per heavy atom. The van der Waals surface area contributed by atoms with Gasteiger partial charge in [-0.1, -0.05) is 13.8 Å². The molecule has 0 bridgehead atoms. The molecule has 178 valence electrons. The second-order valence-corrected chi connectivity index (χ2v) is 8.62. The molecule has 1 rings (SSSR count). The first-order chi connectivity index (χ1) is 14.4. The van der Waals surface area contributed by atoms with Crippen molar-refractivity contribution in [1.29, 1.82) is 0 Å². The number of rotatable bonds is 10. The first-order valence-corrected chi connectivity index (χ1v) is 10.6. The summed E-state index contributed by atoms with van der Waals surface area (Å²) in [5.41, 5.74) is -0.867. The minimum absolute atomic E-state index is 0.00917. The number of ether oxygens (including phenoxy) is 3. The molecule has 0 aromatic carbocycles. The Hall–Kier alpha value is -2.25. The Balaban J connectivity index is 2.54. The first-order valence-electron chi connectivity index (χ1n) is 9.14. The van der Waals surface area contributed by atoms with E-state index in [4.69, 9.17) is 24.2 Å². The van der Waals surface area contributed by atoms with E-state index >= 15 is 0 Å². The zero-order chi connectivity index (χ0) is 23.7. The molecule has 1 aliphatic heterocycles. The normalized spacial score (nSPS) is 22.2. The van der Waals surface area contributed by atoms with E-state index in [1.165, 1.54) is 14.0 Å². The maximum Gasteiger partial charge on any atom is 0.478 e. The fourth-order valence-electron chi connectivity index (χ4n) is 2.18. The first kappa shape index (κ1) is 26.8. The molecule has 14 nitrogen and oxygen atoms in total. The van der Waals surface area contributed by atoms with Gasteiger partial charge in [-0.05, 0) is 0 Å².